The molecule has 2 nitrogen and oxygen atoms in total. The van der Waals surface area contributed by atoms with Crippen LogP contribution in [0.1, 0.15) is 22.7 Å². The van der Waals surface area contributed by atoms with Crippen molar-refractivity contribution in [2.75, 3.05) is 0 Å². The lowest BCUT2D eigenvalue weighted by Gasteiger charge is -2.16. The molecule has 2 aromatic carbocycles. The lowest BCUT2D eigenvalue weighted by Crippen LogP contribution is -2.18. The third-order valence-corrected chi connectivity index (χ3v) is 2.94. The summed E-state index contributed by atoms with van der Waals surface area (Å²) in [5, 5.41) is 0. The molecule has 0 aliphatic rings. The minimum Gasteiger partial charge on any atom is -0.406 e. The normalized spacial score (nSPS) is 13.0. The molecule has 2 aromatic rings. The van der Waals surface area contributed by atoms with Gasteiger partial charge in [0.1, 0.15) is 11.6 Å². The van der Waals surface area contributed by atoms with Crippen molar-refractivity contribution in [3.63, 3.8) is 0 Å². The molecule has 0 bridgehead atoms. The number of hydrogen-bond acceptors (Lipinski definition) is 2. The van der Waals surface area contributed by atoms with Crippen molar-refractivity contribution < 1.29 is 22.3 Å². The molecule has 0 saturated carbocycles. The van der Waals surface area contributed by atoms with Crippen molar-refractivity contribution >= 4 is 0 Å². The van der Waals surface area contributed by atoms with Gasteiger partial charge in [0.15, 0.2) is 0 Å². The SMILES string of the molecule is Cc1ccc(F)c(C(N)c2cccc(OC(F)(F)F)c2)c1. The van der Waals surface area contributed by atoms with Crippen LogP contribution in [0.2, 0.25) is 0 Å². The lowest BCUT2D eigenvalue weighted by atomic mass is 9.97. The Balaban J connectivity index is 2.33. The fraction of sp³-hybridized carbons (Fsp3) is 0.200. The first-order valence-corrected chi connectivity index (χ1v) is 6.13. The standard InChI is InChI=1S/C15H13F4NO/c1-9-5-6-13(16)12(7-9)14(20)10-3-2-4-11(8-10)21-15(17,18)19/h2-8,14H,20H2,1H3. The fourth-order valence-electron chi connectivity index (χ4n) is 1.99. The van der Waals surface area contributed by atoms with E-state index in [1.807, 2.05) is 0 Å². The van der Waals surface area contributed by atoms with E-state index >= 15 is 0 Å². The molecule has 0 fully saturated rings. The second-order valence-electron chi connectivity index (χ2n) is 4.62. The van der Waals surface area contributed by atoms with Crippen LogP contribution in [0.4, 0.5) is 17.6 Å². The number of ether oxygens (including phenoxy) is 1. The highest BCUT2D eigenvalue weighted by atomic mass is 19.4. The first-order valence-electron chi connectivity index (χ1n) is 6.13. The molecule has 0 radical (unpaired) electrons. The highest BCUT2D eigenvalue weighted by molar-refractivity contribution is 5.38. The Morgan fingerprint density at radius 3 is 2.48 bits per heavy atom. The predicted octanol–water partition coefficient (Wildman–Crippen LogP) is 4.08. The summed E-state index contributed by atoms with van der Waals surface area (Å²) in [5.41, 5.74) is 7.31. The van der Waals surface area contributed by atoms with Gasteiger partial charge in [-0.15, -0.1) is 13.2 Å². The van der Waals surface area contributed by atoms with Gasteiger partial charge in [0, 0.05) is 5.56 Å². The third-order valence-electron chi connectivity index (χ3n) is 2.94. The van der Waals surface area contributed by atoms with Gasteiger partial charge in [0.05, 0.1) is 6.04 Å². The maximum Gasteiger partial charge on any atom is 0.573 e. The molecule has 1 atom stereocenters. The molecule has 2 N–H and O–H groups in total. The van der Waals surface area contributed by atoms with Crippen LogP contribution in [-0.4, -0.2) is 6.36 Å². The number of halogens is 4. The van der Waals surface area contributed by atoms with E-state index in [0.717, 1.165) is 17.7 Å². The molecule has 0 amide bonds. The number of benzene rings is 2. The third kappa shape index (κ3) is 3.95. The molecule has 0 aliphatic heterocycles. The van der Waals surface area contributed by atoms with Crippen molar-refractivity contribution in [3.8, 4) is 5.75 Å². The Morgan fingerprint density at radius 2 is 1.81 bits per heavy atom. The topological polar surface area (TPSA) is 35.2 Å². The maximum atomic E-state index is 13.8. The van der Waals surface area contributed by atoms with Gasteiger partial charge in [0.25, 0.3) is 0 Å². The Bertz CT molecular complexity index is 640. The highest BCUT2D eigenvalue weighted by Gasteiger charge is 2.31. The molecule has 0 aromatic heterocycles. The number of rotatable bonds is 3. The first-order chi connectivity index (χ1) is 9.76. The fourth-order valence-corrected chi connectivity index (χ4v) is 1.99. The maximum absolute atomic E-state index is 13.8. The summed E-state index contributed by atoms with van der Waals surface area (Å²) in [5.74, 6) is -0.890. The van der Waals surface area contributed by atoms with Crippen molar-refractivity contribution in [1.82, 2.24) is 0 Å². The second kappa shape index (κ2) is 5.73. The molecular weight excluding hydrogens is 286 g/mol. The monoisotopic (exact) mass is 299 g/mol. The average Bonchev–Trinajstić information content (AvgIpc) is 2.39. The number of aryl methyl sites for hydroxylation is 1. The van der Waals surface area contributed by atoms with Crippen LogP contribution in [0, 0.1) is 12.7 Å². The Hall–Kier alpha value is -2.08. The molecule has 0 heterocycles. The van der Waals surface area contributed by atoms with Crippen LogP contribution < -0.4 is 10.5 Å². The van der Waals surface area contributed by atoms with E-state index < -0.39 is 18.2 Å². The van der Waals surface area contributed by atoms with Crippen LogP contribution in [0.25, 0.3) is 0 Å². The second-order valence-corrected chi connectivity index (χ2v) is 4.62. The summed E-state index contributed by atoms with van der Waals surface area (Å²) >= 11 is 0. The van der Waals surface area contributed by atoms with Crippen LogP contribution in [0.3, 0.4) is 0 Å². The minimum absolute atomic E-state index is 0.221. The molecule has 0 saturated heterocycles. The smallest absolute Gasteiger partial charge is 0.406 e. The van der Waals surface area contributed by atoms with Gasteiger partial charge in [-0.25, -0.2) is 4.39 Å². The summed E-state index contributed by atoms with van der Waals surface area (Å²) in [6, 6.07) is 8.78. The van der Waals surface area contributed by atoms with E-state index in [9.17, 15) is 17.6 Å². The molecule has 2 rings (SSSR count). The average molecular weight is 299 g/mol. The van der Waals surface area contributed by atoms with Crippen molar-refractivity contribution in [1.29, 1.82) is 0 Å². The molecule has 0 spiro atoms. The van der Waals surface area contributed by atoms with E-state index in [1.165, 1.54) is 18.2 Å². The van der Waals surface area contributed by atoms with Crippen molar-refractivity contribution in [2.24, 2.45) is 5.73 Å². The van der Waals surface area contributed by atoms with Crippen LogP contribution >= 0.6 is 0 Å². The first kappa shape index (κ1) is 15.3. The number of nitrogens with two attached hydrogens (primary N) is 1. The molecule has 21 heavy (non-hydrogen) atoms. The van der Waals surface area contributed by atoms with Gasteiger partial charge >= 0.3 is 6.36 Å². The van der Waals surface area contributed by atoms with Crippen LogP contribution in [0.5, 0.6) is 5.75 Å². The van der Waals surface area contributed by atoms with E-state index in [-0.39, 0.29) is 11.3 Å². The number of alkyl halides is 3. The van der Waals surface area contributed by atoms with E-state index in [0.29, 0.717) is 5.56 Å². The van der Waals surface area contributed by atoms with Crippen LogP contribution in [-0.2, 0) is 0 Å². The Kier molecular flexibility index (Phi) is 4.18. The van der Waals surface area contributed by atoms with Gasteiger partial charge < -0.3 is 10.5 Å². The molecular formula is C15H13F4NO. The Morgan fingerprint density at radius 1 is 1.10 bits per heavy atom. The molecule has 112 valence electrons. The molecule has 0 aliphatic carbocycles. The zero-order chi connectivity index (χ0) is 15.6. The van der Waals surface area contributed by atoms with Gasteiger partial charge in [-0.3, -0.25) is 0 Å². The van der Waals surface area contributed by atoms with Gasteiger partial charge in [-0.1, -0.05) is 29.8 Å². The van der Waals surface area contributed by atoms with E-state index in [1.54, 1.807) is 19.1 Å². The minimum atomic E-state index is -4.78. The molecule has 1 unspecified atom stereocenters. The summed E-state index contributed by atoms with van der Waals surface area (Å²) in [6.45, 7) is 1.78. The van der Waals surface area contributed by atoms with Gasteiger partial charge in [-0.2, -0.15) is 0 Å². The van der Waals surface area contributed by atoms with Crippen molar-refractivity contribution in [2.45, 2.75) is 19.3 Å². The van der Waals surface area contributed by atoms with Crippen LogP contribution in [0.15, 0.2) is 42.5 Å². The van der Waals surface area contributed by atoms with Gasteiger partial charge in [0.2, 0.25) is 0 Å². The summed E-state index contributed by atoms with van der Waals surface area (Å²) < 4.78 is 54.2. The highest BCUT2D eigenvalue weighted by Crippen LogP contribution is 2.28. The van der Waals surface area contributed by atoms with Crippen molar-refractivity contribution in [3.05, 3.63) is 65.0 Å². The Labute approximate surface area is 119 Å². The summed E-state index contributed by atoms with van der Waals surface area (Å²) in [4.78, 5) is 0. The zero-order valence-electron chi connectivity index (χ0n) is 11.1. The summed E-state index contributed by atoms with van der Waals surface area (Å²) in [6.07, 6.45) is -4.78. The zero-order valence-corrected chi connectivity index (χ0v) is 11.1. The lowest BCUT2D eigenvalue weighted by molar-refractivity contribution is -0.274. The van der Waals surface area contributed by atoms with Gasteiger partial charge in [-0.05, 0) is 30.7 Å². The molecule has 6 heteroatoms. The van der Waals surface area contributed by atoms with E-state index in [4.69, 9.17) is 5.73 Å². The quantitative estimate of drug-likeness (QED) is 0.867. The predicted molar refractivity (Wildman–Crippen MR) is 70.3 cm³/mol. The summed E-state index contributed by atoms with van der Waals surface area (Å²) in [7, 11) is 0. The van der Waals surface area contributed by atoms with E-state index in [2.05, 4.69) is 4.74 Å². The largest absolute Gasteiger partial charge is 0.573 e. The number of hydrogen-bond donors (Lipinski definition) is 1.